The Morgan fingerprint density at radius 1 is 0.667 bits per heavy atom. The number of carbonyl (C=O) groups is 2. The van der Waals surface area contributed by atoms with Crippen LogP contribution in [-0.2, 0) is 28.4 Å². The summed E-state index contributed by atoms with van der Waals surface area (Å²) in [5.41, 5.74) is 4.06. The van der Waals surface area contributed by atoms with Gasteiger partial charge in [-0.1, -0.05) is 36.4 Å². The Balaban J connectivity index is 1.88. The lowest BCUT2D eigenvalue weighted by Crippen LogP contribution is -2.01. The molecular formula is C22H16N2O3. The quantitative estimate of drug-likeness (QED) is 0.407. The van der Waals surface area contributed by atoms with Gasteiger partial charge in [0.2, 0.25) is 0 Å². The monoisotopic (exact) mass is 356 g/mol. The highest BCUT2D eigenvalue weighted by atomic mass is 16.6. The number of hydrogen-bond acceptors (Lipinski definition) is 3. The van der Waals surface area contributed by atoms with E-state index in [0.717, 1.165) is 21.8 Å². The number of fused-ring (bicyclic) bond motifs is 2. The summed E-state index contributed by atoms with van der Waals surface area (Å²) in [6.07, 6.45) is 3.76. The van der Waals surface area contributed by atoms with Crippen LogP contribution < -0.4 is 0 Å². The minimum Gasteiger partial charge on any atom is -0.386 e. The van der Waals surface area contributed by atoms with Gasteiger partial charge in [0, 0.05) is 59.4 Å². The molecule has 0 unspecified atom stereocenters. The number of carbonyl (C=O) groups excluding carboxylic acids is 2. The Hall–Kier alpha value is -3.60. The molecule has 5 rings (SSSR count). The largest absolute Gasteiger partial charge is 0.386 e. The van der Waals surface area contributed by atoms with E-state index in [1.165, 1.54) is 0 Å². The number of benzene rings is 2. The minimum absolute atomic E-state index is 0.327. The lowest BCUT2D eigenvalue weighted by Gasteiger charge is -2.01. The summed E-state index contributed by atoms with van der Waals surface area (Å²) < 4.78 is 8.95. The van der Waals surface area contributed by atoms with Crippen molar-refractivity contribution < 1.29 is 14.3 Å². The van der Waals surface area contributed by atoms with E-state index in [1.54, 1.807) is 0 Å². The molecule has 5 heteroatoms. The van der Waals surface area contributed by atoms with E-state index in [-0.39, 0.29) is 0 Å². The Labute approximate surface area is 155 Å². The van der Waals surface area contributed by atoms with Gasteiger partial charge < -0.3 is 13.9 Å². The van der Waals surface area contributed by atoms with E-state index in [9.17, 15) is 9.59 Å². The number of rotatable bonds is 2. The molecule has 0 aliphatic carbocycles. The Morgan fingerprint density at radius 2 is 1.07 bits per heavy atom. The van der Waals surface area contributed by atoms with E-state index in [4.69, 9.17) is 4.74 Å². The molecule has 1 aliphatic heterocycles. The molecule has 0 amide bonds. The zero-order valence-electron chi connectivity index (χ0n) is 14.9. The number of hydrogen-bond donors (Lipinski definition) is 0. The van der Waals surface area contributed by atoms with Gasteiger partial charge >= 0.3 is 11.9 Å². The molecule has 0 spiro atoms. The number of nitrogens with zero attached hydrogens (tertiary/aromatic N) is 2. The van der Waals surface area contributed by atoms with Crippen molar-refractivity contribution in [1.29, 1.82) is 0 Å². The maximum Gasteiger partial charge on any atom is 0.347 e. The Bertz CT molecular complexity index is 1200. The summed E-state index contributed by atoms with van der Waals surface area (Å²) in [6, 6.07) is 15.6. The molecule has 0 radical (unpaired) electrons. The average Bonchev–Trinajstić information content (AvgIpc) is 3.27. The van der Waals surface area contributed by atoms with Crippen LogP contribution in [0.25, 0.3) is 33.0 Å². The molecule has 0 atom stereocenters. The fourth-order valence-electron chi connectivity index (χ4n) is 3.96. The lowest BCUT2D eigenvalue weighted by atomic mass is 9.95. The SMILES string of the molecule is Cn1cc(C2=C(c3cn(C)c4ccccc34)C(=O)OC2=O)c2ccccc21. The fourth-order valence-corrected chi connectivity index (χ4v) is 3.96. The number of aromatic nitrogens is 2. The second-order valence-electron chi connectivity index (χ2n) is 6.77. The predicted octanol–water partition coefficient (Wildman–Crippen LogP) is 3.66. The van der Waals surface area contributed by atoms with E-state index >= 15 is 0 Å². The molecule has 5 nitrogen and oxygen atoms in total. The fraction of sp³-hybridized carbons (Fsp3) is 0.0909. The molecule has 0 fully saturated rings. The van der Waals surface area contributed by atoms with E-state index in [1.807, 2.05) is 84.2 Å². The molecule has 3 heterocycles. The Morgan fingerprint density at radius 3 is 1.52 bits per heavy atom. The van der Waals surface area contributed by atoms with Crippen molar-refractivity contribution in [2.24, 2.45) is 14.1 Å². The third kappa shape index (κ3) is 2.11. The van der Waals surface area contributed by atoms with Gasteiger partial charge in [0.15, 0.2) is 0 Å². The van der Waals surface area contributed by atoms with E-state index < -0.39 is 11.9 Å². The van der Waals surface area contributed by atoms with Crippen molar-refractivity contribution in [3.8, 4) is 0 Å². The van der Waals surface area contributed by atoms with Crippen LogP contribution in [0.4, 0.5) is 0 Å². The lowest BCUT2D eigenvalue weighted by molar-refractivity contribution is -0.149. The van der Waals surface area contributed by atoms with Crippen LogP contribution in [0.15, 0.2) is 60.9 Å². The molecule has 132 valence electrons. The van der Waals surface area contributed by atoms with Crippen molar-refractivity contribution in [3.05, 3.63) is 72.1 Å². The van der Waals surface area contributed by atoms with Crippen LogP contribution in [0, 0.1) is 0 Å². The summed E-state index contributed by atoms with van der Waals surface area (Å²) in [7, 11) is 3.85. The first-order valence-electron chi connectivity index (χ1n) is 8.66. The van der Waals surface area contributed by atoms with Crippen LogP contribution in [0.1, 0.15) is 11.1 Å². The van der Waals surface area contributed by atoms with Crippen molar-refractivity contribution >= 4 is 44.9 Å². The topological polar surface area (TPSA) is 53.2 Å². The first-order chi connectivity index (χ1) is 13.1. The van der Waals surface area contributed by atoms with Gasteiger partial charge in [0.1, 0.15) is 0 Å². The molecule has 27 heavy (non-hydrogen) atoms. The summed E-state index contributed by atoms with van der Waals surface area (Å²) >= 11 is 0. The highest BCUT2D eigenvalue weighted by Crippen LogP contribution is 2.40. The highest BCUT2D eigenvalue weighted by Gasteiger charge is 2.37. The summed E-state index contributed by atoms with van der Waals surface area (Å²) in [5.74, 6) is -1.20. The third-order valence-corrected chi connectivity index (χ3v) is 5.18. The van der Waals surface area contributed by atoms with Crippen LogP contribution in [0.3, 0.4) is 0 Å². The second kappa shape index (κ2) is 5.45. The van der Waals surface area contributed by atoms with Crippen molar-refractivity contribution in [3.63, 3.8) is 0 Å². The summed E-state index contributed by atoms with van der Waals surface area (Å²) in [5, 5.41) is 1.83. The maximum atomic E-state index is 12.6. The molecule has 2 aromatic heterocycles. The molecule has 0 saturated heterocycles. The molecule has 0 N–H and O–H groups in total. The van der Waals surface area contributed by atoms with Crippen molar-refractivity contribution in [1.82, 2.24) is 9.13 Å². The van der Waals surface area contributed by atoms with Gasteiger partial charge in [-0.25, -0.2) is 9.59 Å². The molecule has 4 aromatic rings. The Kier molecular flexibility index (Phi) is 3.15. The molecule has 0 bridgehead atoms. The van der Waals surface area contributed by atoms with Gasteiger partial charge in [-0.2, -0.15) is 0 Å². The van der Waals surface area contributed by atoms with Crippen LogP contribution >= 0.6 is 0 Å². The van der Waals surface area contributed by atoms with E-state index in [0.29, 0.717) is 22.3 Å². The number of esters is 2. The molecular weight excluding hydrogens is 340 g/mol. The van der Waals surface area contributed by atoms with Crippen LogP contribution in [0.2, 0.25) is 0 Å². The highest BCUT2D eigenvalue weighted by molar-refractivity contribution is 6.46. The minimum atomic E-state index is -0.598. The smallest absolute Gasteiger partial charge is 0.347 e. The number of para-hydroxylation sites is 2. The predicted molar refractivity (Wildman–Crippen MR) is 104 cm³/mol. The first-order valence-corrected chi connectivity index (χ1v) is 8.66. The van der Waals surface area contributed by atoms with Crippen LogP contribution in [0.5, 0.6) is 0 Å². The zero-order chi connectivity index (χ0) is 18.7. The summed E-state index contributed by atoms with van der Waals surface area (Å²) in [6.45, 7) is 0. The van der Waals surface area contributed by atoms with Crippen molar-refractivity contribution in [2.75, 3.05) is 0 Å². The third-order valence-electron chi connectivity index (χ3n) is 5.18. The second-order valence-corrected chi connectivity index (χ2v) is 6.77. The van der Waals surface area contributed by atoms with Gasteiger partial charge in [-0.05, 0) is 12.1 Å². The standard InChI is InChI=1S/C22H16N2O3/c1-23-11-15(13-7-3-5-9-17(13)23)19-20(22(26)27-21(19)25)16-12-24(2)18-10-6-4-8-14(16)18/h3-12H,1-2H3. The number of aryl methyl sites for hydroxylation is 2. The van der Waals surface area contributed by atoms with Gasteiger partial charge in [-0.15, -0.1) is 0 Å². The molecule has 1 aliphatic rings. The van der Waals surface area contributed by atoms with Gasteiger partial charge in [0.25, 0.3) is 0 Å². The summed E-state index contributed by atoms with van der Waals surface area (Å²) in [4.78, 5) is 25.3. The average molecular weight is 356 g/mol. The van der Waals surface area contributed by atoms with E-state index in [2.05, 4.69) is 0 Å². The van der Waals surface area contributed by atoms with Crippen molar-refractivity contribution in [2.45, 2.75) is 0 Å². The van der Waals surface area contributed by atoms with Crippen LogP contribution in [-0.4, -0.2) is 21.1 Å². The van der Waals surface area contributed by atoms with Gasteiger partial charge in [-0.3, -0.25) is 0 Å². The van der Waals surface area contributed by atoms with Gasteiger partial charge in [0.05, 0.1) is 11.1 Å². The molecule has 2 aromatic carbocycles. The number of cyclic esters (lactones) is 2. The first kappa shape index (κ1) is 15.6. The zero-order valence-corrected chi connectivity index (χ0v) is 14.9. The molecule has 0 saturated carbocycles. The normalized spacial score (nSPS) is 14.6. The number of ether oxygens (including phenoxy) is 1. The maximum absolute atomic E-state index is 12.6.